The first-order valence-electron chi connectivity index (χ1n) is 14.0. The lowest BCUT2D eigenvalue weighted by atomic mass is 10.0. The van der Waals surface area contributed by atoms with Crippen molar-refractivity contribution in [3.05, 3.63) is 65.7 Å². The van der Waals surface area contributed by atoms with Crippen molar-refractivity contribution in [2.75, 3.05) is 25.0 Å². The van der Waals surface area contributed by atoms with Crippen molar-refractivity contribution in [2.45, 2.75) is 77.1 Å². The Balaban J connectivity index is 1.66. The summed E-state index contributed by atoms with van der Waals surface area (Å²) in [4.78, 5) is 42.7. The van der Waals surface area contributed by atoms with Crippen LogP contribution >= 0.6 is 0 Å². The third-order valence-corrected chi connectivity index (χ3v) is 7.12. The quantitative estimate of drug-likeness (QED) is 0.338. The first-order chi connectivity index (χ1) is 19.1. The standard InChI is InChI=1S/C30H39F3N4O3/c1-3-4-5-6-10-17-27(38)37-19-18-36(21-22(37)2)28(39)26(20-23-13-8-7-9-14-23)35-29(40)34-25-16-12-11-15-24(25)30(31,32)33/h7-9,11-16,22,26H,3-6,10,17-21H2,1-2H3,(H2,34,35,40). The number of benzene rings is 2. The molecule has 1 aliphatic heterocycles. The molecular weight excluding hydrogens is 521 g/mol. The van der Waals surface area contributed by atoms with Gasteiger partial charge in [-0.2, -0.15) is 13.2 Å². The number of para-hydroxylation sites is 1. The van der Waals surface area contributed by atoms with Crippen LogP contribution in [0.2, 0.25) is 0 Å². The van der Waals surface area contributed by atoms with E-state index < -0.39 is 29.5 Å². The van der Waals surface area contributed by atoms with Gasteiger partial charge in [-0.05, 0) is 31.0 Å². The SMILES string of the molecule is CCCCCCCC(=O)N1CCN(C(=O)C(Cc2ccccc2)NC(=O)Nc2ccccc2C(F)(F)F)CC1C. The molecule has 4 amide bonds. The monoisotopic (exact) mass is 560 g/mol. The number of nitrogens with one attached hydrogen (secondary N) is 2. The van der Waals surface area contributed by atoms with E-state index in [-0.39, 0.29) is 24.3 Å². The average molecular weight is 561 g/mol. The minimum absolute atomic E-state index is 0.0813. The number of urea groups is 1. The summed E-state index contributed by atoms with van der Waals surface area (Å²) < 4.78 is 40.2. The number of hydrogen-bond acceptors (Lipinski definition) is 3. The van der Waals surface area contributed by atoms with E-state index in [0.717, 1.165) is 49.8 Å². The number of rotatable bonds is 11. The van der Waals surface area contributed by atoms with Gasteiger partial charge >= 0.3 is 12.2 Å². The average Bonchev–Trinajstić information content (AvgIpc) is 2.92. The van der Waals surface area contributed by atoms with Crippen molar-refractivity contribution in [3.63, 3.8) is 0 Å². The second-order valence-electron chi connectivity index (χ2n) is 10.3. The third-order valence-electron chi connectivity index (χ3n) is 7.12. The molecule has 40 heavy (non-hydrogen) atoms. The zero-order chi connectivity index (χ0) is 29.1. The highest BCUT2D eigenvalue weighted by atomic mass is 19.4. The van der Waals surface area contributed by atoms with Crippen LogP contribution in [0.5, 0.6) is 0 Å². The van der Waals surface area contributed by atoms with E-state index in [2.05, 4.69) is 17.6 Å². The number of piperazine rings is 1. The Kier molecular flexibility index (Phi) is 11.4. The predicted octanol–water partition coefficient (Wildman–Crippen LogP) is 5.86. The number of hydrogen-bond donors (Lipinski definition) is 2. The maximum atomic E-state index is 13.6. The highest BCUT2D eigenvalue weighted by Crippen LogP contribution is 2.34. The molecule has 0 radical (unpaired) electrons. The largest absolute Gasteiger partial charge is 0.418 e. The van der Waals surface area contributed by atoms with Gasteiger partial charge in [0.2, 0.25) is 11.8 Å². The summed E-state index contributed by atoms with van der Waals surface area (Å²) in [5.74, 6) is -0.264. The molecule has 1 fully saturated rings. The molecule has 2 aromatic rings. The molecule has 1 saturated heterocycles. The number of nitrogens with zero attached hydrogens (tertiary/aromatic N) is 2. The lowest BCUT2D eigenvalue weighted by Crippen LogP contribution is -2.59. The molecule has 10 heteroatoms. The molecule has 0 spiro atoms. The van der Waals surface area contributed by atoms with Gasteiger partial charge in [-0.1, -0.05) is 75.1 Å². The molecule has 1 aliphatic rings. The highest BCUT2D eigenvalue weighted by Gasteiger charge is 2.35. The van der Waals surface area contributed by atoms with Crippen LogP contribution in [-0.4, -0.2) is 59.4 Å². The molecule has 0 saturated carbocycles. The Bertz CT molecular complexity index is 1130. The van der Waals surface area contributed by atoms with Crippen LogP contribution < -0.4 is 10.6 Å². The molecule has 0 aromatic heterocycles. The van der Waals surface area contributed by atoms with Gasteiger partial charge in [-0.15, -0.1) is 0 Å². The maximum Gasteiger partial charge on any atom is 0.418 e. The Morgan fingerprint density at radius 2 is 1.62 bits per heavy atom. The lowest BCUT2D eigenvalue weighted by molar-refractivity contribution is -0.143. The Hall–Kier alpha value is -3.56. The fraction of sp³-hybridized carbons (Fsp3) is 0.500. The van der Waals surface area contributed by atoms with Gasteiger partial charge in [0.1, 0.15) is 6.04 Å². The summed E-state index contributed by atoms with van der Waals surface area (Å²) in [5.41, 5.74) is -0.577. The molecule has 2 N–H and O–H groups in total. The van der Waals surface area contributed by atoms with Gasteiger partial charge in [0.05, 0.1) is 11.3 Å². The van der Waals surface area contributed by atoms with E-state index >= 15 is 0 Å². The van der Waals surface area contributed by atoms with Crippen molar-refractivity contribution in [1.29, 1.82) is 0 Å². The molecule has 2 aromatic carbocycles. The van der Waals surface area contributed by atoms with Gasteiger partial charge in [-0.25, -0.2) is 4.79 Å². The molecule has 7 nitrogen and oxygen atoms in total. The Labute approximate surface area is 234 Å². The molecule has 2 unspecified atom stereocenters. The van der Waals surface area contributed by atoms with Crippen LogP contribution in [0.25, 0.3) is 0 Å². The van der Waals surface area contributed by atoms with Crippen molar-refractivity contribution in [1.82, 2.24) is 15.1 Å². The van der Waals surface area contributed by atoms with Crippen LogP contribution in [0.15, 0.2) is 54.6 Å². The zero-order valence-electron chi connectivity index (χ0n) is 23.2. The molecule has 218 valence electrons. The number of unbranched alkanes of at least 4 members (excludes halogenated alkanes) is 4. The predicted molar refractivity (Wildman–Crippen MR) is 149 cm³/mol. The van der Waals surface area contributed by atoms with Crippen molar-refractivity contribution in [2.24, 2.45) is 0 Å². The van der Waals surface area contributed by atoms with Crippen molar-refractivity contribution >= 4 is 23.5 Å². The number of carbonyl (C=O) groups is 3. The lowest BCUT2D eigenvalue weighted by Gasteiger charge is -2.41. The van der Waals surface area contributed by atoms with E-state index in [1.807, 2.05) is 42.2 Å². The normalized spacial score (nSPS) is 16.4. The van der Waals surface area contributed by atoms with E-state index in [1.54, 1.807) is 4.90 Å². The summed E-state index contributed by atoms with van der Waals surface area (Å²) in [6.07, 6.45) is 1.30. The van der Waals surface area contributed by atoms with Crippen LogP contribution in [0.3, 0.4) is 0 Å². The van der Waals surface area contributed by atoms with Crippen LogP contribution in [0.4, 0.5) is 23.7 Å². The first kappa shape index (κ1) is 31.0. The van der Waals surface area contributed by atoms with Crippen molar-refractivity contribution < 1.29 is 27.6 Å². The van der Waals surface area contributed by atoms with Gasteiger partial charge < -0.3 is 20.4 Å². The summed E-state index contributed by atoms with van der Waals surface area (Å²) >= 11 is 0. The van der Waals surface area contributed by atoms with Gasteiger partial charge in [0, 0.05) is 38.5 Å². The first-order valence-corrected chi connectivity index (χ1v) is 14.0. The molecule has 1 heterocycles. The maximum absolute atomic E-state index is 13.6. The minimum atomic E-state index is -4.65. The van der Waals surface area contributed by atoms with E-state index in [1.165, 1.54) is 12.1 Å². The number of anilines is 1. The topological polar surface area (TPSA) is 81.8 Å². The number of amides is 4. The molecule has 0 bridgehead atoms. The second kappa shape index (κ2) is 14.7. The Morgan fingerprint density at radius 3 is 2.30 bits per heavy atom. The molecule has 3 rings (SSSR count). The minimum Gasteiger partial charge on any atom is -0.337 e. The fourth-order valence-electron chi connectivity index (χ4n) is 4.98. The number of carbonyl (C=O) groups excluding carboxylic acids is 3. The summed E-state index contributed by atoms with van der Waals surface area (Å²) in [6, 6.07) is 11.7. The van der Waals surface area contributed by atoms with E-state index in [4.69, 9.17) is 0 Å². The van der Waals surface area contributed by atoms with Gasteiger partial charge in [0.25, 0.3) is 0 Å². The number of halogens is 3. The summed E-state index contributed by atoms with van der Waals surface area (Å²) in [6.45, 7) is 5.06. The summed E-state index contributed by atoms with van der Waals surface area (Å²) in [7, 11) is 0. The fourth-order valence-corrected chi connectivity index (χ4v) is 4.98. The number of alkyl halides is 3. The van der Waals surface area contributed by atoms with Crippen LogP contribution in [0.1, 0.15) is 63.5 Å². The zero-order valence-corrected chi connectivity index (χ0v) is 23.2. The van der Waals surface area contributed by atoms with Crippen molar-refractivity contribution in [3.8, 4) is 0 Å². The van der Waals surface area contributed by atoms with Gasteiger partial charge in [-0.3, -0.25) is 9.59 Å². The highest BCUT2D eigenvalue weighted by molar-refractivity contribution is 5.94. The second-order valence-corrected chi connectivity index (χ2v) is 10.3. The smallest absolute Gasteiger partial charge is 0.337 e. The van der Waals surface area contributed by atoms with Crippen LogP contribution in [0, 0.1) is 0 Å². The Morgan fingerprint density at radius 1 is 0.950 bits per heavy atom. The van der Waals surface area contributed by atoms with E-state index in [9.17, 15) is 27.6 Å². The van der Waals surface area contributed by atoms with Gasteiger partial charge in [0.15, 0.2) is 0 Å². The molecular formula is C30H39F3N4O3. The molecule has 0 aliphatic carbocycles. The van der Waals surface area contributed by atoms with E-state index in [0.29, 0.717) is 26.1 Å². The summed E-state index contributed by atoms with van der Waals surface area (Å²) in [5, 5.41) is 4.85. The van der Waals surface area contributed by atoms with Crippen LogP contribution in [-0.2, 0) is 22.2 Å². The molecule has 2 atom stereocenters. The third kappa shape index (κ3) is 8.99.